The fourth-order valence-electron chi connectivity index (χ4n) is 2.54. The van der Waals surface area contributed by atoms with Crippen LogP contribution in [0.2, 0.25) is 0 Å². The number of carbonyl (C=O) groups excluding carboxylic acids is 2. The van der Waals surface area contributed by atoms with E-state index >= 15 is 0 Å². The monoisotopic (exact) mass is 352 g/mol. The second kappa shape index (κ2) is 8.04. The predicted octanol–water partition coefficient (Wildman–Crippen LogP) is 3.60. The van der Waals surface area contributed by atoms with Crippen molar-refractivity contribution < 1.29 is 14.3 Å². The maximum absolute atomic E-state index is 12.1. The van der Waals surface area contributed by atoms with Crippen LogP contribution in [0.1, 0.15) is 40.7 Å². The highest BCUT2D eigenvalue weighted by Gasteiger charge is 2.23. The van der Waals surface area contributed by atoms with Gasteiger partial charge in [0.2, 0.25) is 5.91 Å². The summed E-state index contributed by atoms with van der Waals surface area (Å²) in [7, 11) is 0. The molecule has 1 saturated carbocycles. The second-order valence-corrected chi connectivity index (χ2v) is 6.74. The molecular weight excluding hydrogens is 328 g/mol. The van der Waals surface area contributed by atoms with E-state index in [1.807, 2.05) is 32.0 Å². The molecule has 0 heterocycles. The lowest BCUT2D eigenvalue weighted by Gasteiger charge is -2.10. The summed E-state index contributed by atoms with van der Waals surface area (Å²) in [4.78, 5) is 24.0. The highest BCUT2D eigenvalue weighted by atomic mass is 16.5. The average Bonchev–Trinajstić information content (AvgIpc) is 3.42. The van der Waals surface area contributed by atoms with E-state index in [1.54, 1.807) is 24.3 Å². The predicted molar refractivity (Wildman–Crippen MR) is 102 cm³/mol. The van der Waals surface area contributed by atoms with Gasteiger partial charge in [-0.1, -0.05) is 12.1 Å². The van der Waals surface area contributed by atoms with E-state index in [0.717, 1.165) is 29.7 Å². The van der Waals surface area contributed by atoms with Crippen molar-refractivity contribution in [3.8, 4) is 5.75 Å². The first-order valence-corrected chi connectivity index (χ1v) is 8.92. The molecule has 0 bridgehead atoms. The Labute approximate surface area is 153 Å². The van der Waals surface area contributed by atoms with Gasteiger partial charge in [-0.3, -0.25) is 9.59 Å². The van der Waals surface area contributed by atoms with E-state index in [0.29, 0.717) is 23.9 Å². The van der Waals surface area contributed by atoms with Crippen LogP contribution in [0.3, 0.4) is 0 Å². The average molecular weight is 352 g/mol. The van der Waals surface area contributed by atoms with Gasteiger partial charge in [-0.05, 0) is 68.1 Å². The SMILES string of the molecule is Cc1ccc(C)c(OCCC(=O)Nc2ccc(C(=O)NC3CC3)cc2)c1. The molecule has 1 aliphatic carbocycles. The molecule has 0 saturated heterocycles. The Kier molecular flexibility index (Phi) is 5.56. The van der Waals surface area contributed by atoms with Crippen LogP contribution in [-0.4, -0.2) is 24.5 Å². The van der Waals surface area contributed by atoms with Gasteiger partial charge in [-0.25, -0.2) is 0 Å². The Morgan fingerprint density at radius 2 is 1.81 bits per heavy atom. The molecule has 2 N–H and O–H groups in total. The van der Waals surface area contributed by atoms with Gasteiger partial charge < -0.3 is 15.4 Å². The highest BCUT2D eigenvalue weighted by Crippen LogP contribution is 2.20. The molecule has 0 spiro atoms. The molecule has 0 atom stereocenters. The summed E-state index contributed by atoms with van der Waals surface area (Å²) < 4.78 is 5.71. The zero-order valence-electron chi connectivity index (χ0n) is 15.2. The van der Waals surface area contributed by atoms with Gasteiger partial charge in [0.15, 0.2) is 0 Å². The molecule has 26 heavy (non-hydrogen) atoms. The Morgan fingerprint density at radius 3 is 2.50 bits per heavy atom. The van der Waals surface area contributed by atoms with Crippen LogP contribution in [0.15, 0.2) is 42.5 Å². The Bertz CT molecular complexity index is 795. The summed E-state index contributed by atoms with van der Waals surface area (Å²) >= 11 is 0. The van der Waals surface area contributed by atoms with Gasteiger partial charge in [-0.15, -0.1) is 0 Å². The number of anilines is 1. The summed E-state index contributed by atoms with van der Waals surface area (Å²) in [6.07, 6.45) is 2.38. The van der Waals surface area contributed by atoms with E-state index in [4.69, 9.17) is 4.74 Å². The van der Waals surface area contributed by atoms with Crippen molar-refractivity contribution in [2.75, 3.05) is 11.9 Å². The fourth-order valence-corrected chi connectivity index (χ4v) is 2.54. The molecule has 0 unspecified atom stereocenters. The van der Waals surface area contributed by atoms with Gasteiger partial charge in [0.1, 0.15) is 5.75 Å². The van der Waals surface area contributed by atoms with E-state index in [9.17, 15) is 9.59 Å². The van der Waals surface area contributed by atoms with Crippen LogP contribution < -0.4 is 15.4 Å². The first kappa shape index (κ1) is 18.0. The van der Waals surface area contributed by atoms with Crippen LogP contribution in [-0.2, 0) is 4.79 Å². The first-order valence-electron chi connectivity index (χ1n) is 8.92. The molecule has 2 amide bonds. The van der Waals surface area contributed by atoms with Crippen molar-refractivity contribution in [3.63, 3.8) is 0 Å². The van der Waals surface area contributed by atoms with Crippen LogP contribution in [0.4, 0.5) is 5.69 Å². The van der Waals surface area contributed by atoms with Gasteiger partial charge in [0, 0.05) is 17.3 Å². The second-order valence-electron chi connectivity index (χ2n) is 6.74. The lowest BCUT2D eigenvalue weighted by Crippen LogP contribution is -2.25. The molecular formula is C21H24N2O3. The van der Waals surface area contributed by atoms with Crippen molar-refractivity contribution >= 4 is 17.5 Å². The van der Waals surface area contributed by atoms with Crippen LogP contribution in [0, 0.1) is 13.8 Å². The van der Waals surface area contributed by atoms with E-state index in [1.165, 1.54) is 0 Å². The summed E-state index contributed by atoms with van der Waals surface area (Å²) in [5, 5.41) is 5.76. The number of nitrogens with one attached hydrogen (secondary N) is 2. The molecule has 0 aromatic heterocycles. The lowest BCUT2D eigenvalue weighted by atomic mass is 10.1. The maximum atomic E-state index is 12.1. The standard InChI is InChI=1S/C21H24N2O3/c1-14-3-4-15(2)19(13-14)26-12-11-20(24)22-17-7-5-16(6-8-17)21(25)23-18-9-10-18/h3-8,13,18H,9-12H2,1-2H3,(H,22,24)(H,23,25). The lowest BCUT2D eigenvalue weighted by molar-refractivity contribution is -0.116. The molecule has 5 nitrogen and oxygen atoms in total. The zero-order valence-corrected chi connectivity index (χ0v) is 15.2. The number of ether oxygens (including phenoxy) is 1. The number of carbonyl (C=O) groups is 2. The number of hydrogen-bond donors (Lipinski definition) is 2. The molecule has 0 aliphatic heterocycles. The minimum absolute atomic E-state index is 0.0627. The summed E-state index contributed by atoms with van der Waals surface area (Å²) in [5.41, 5.74) is 3.45. The van der Waals surface area contributed by atoms with Crippen molar-refractivity contribution in [2.45, 2.75) is 39.2 Å². The normalized spacial score (nSPS) is 13.2. The van der Waals surface area contributed by atoms with E-state index < -0.39 is 0 Å². The Morgan fingerprint density at radius 1 is 1.08 bits per heavy atom. The van der Waals surface area contributed by atoms with Crippen molar-refractivity contribution in [1.29, 1.82) is 0 Å². The molecule has 3 rings (SSSR count). The third-order valence-corrected chi connectivity index (χ3v) is 4.27. The third kappa shape index (κ3) is 5.09. The fraction of sp³-hybridized carbons (Fsp3) is 0.333. The minimum atomic E-state index is -0.120. The number of aryl methyl sites for hydroxylation is 2. The molecule has 1 aliphatic rings. The number of amides is 2. The molecule has 136 valence electrons. The van der Waals surface area contributed by atoms with Gasteiger partial charge >= 0.3 is 0 Å². The van der Waals surface area contributed by atoms with E-state index in [-0.39, 0.29) is 18.2 Å². The largest absolute Gasteiger partial charge is 0.493 e. The Balaban J connectivity index is 1.45. The zero-order chi connectivity index (χ0) is 18.5. The van der Waals surface area contributed by atoms with Crippen LogP contribution in [0.25, 0.3) is 0 Å². The Hall–Kier alpha value is -2.82. The molecule has 2 aromatic carbocycles. The van der Waals surface area contributed by atoms with Crippen LogP contribution in [0.5, 0.6) is 5.75 Å². The third-order valence-electron chi connectivity index (χ3n) is 4.27. The maximum Gasteiger partial charge on any atom is 0.251 e. The molecule has 0 radical (unpaired) electrons. The molecule has 2 aromatic rings. The highest BCUT2D eigenvalue weighted by molar-refractivity contribution is 5.96. The topological polar surface area (TPSA) is 67.4 Å². The van der Waals surface area contributed by atoms with Crippen LogP contribution >= 0.6 is 0 Å². The summed E-state index contributed by atoms with van der Waals surface area (Å²) in [5.74, 6) is 0.626. The number of benzene rings is 2. The summed E-state index contributed by atoms with van der Waals surface area (Å²) in [6, 6.07) is 13.3. The minimum Gasteiger partial charge on any atom is -0.493 e. The molecule has 1 fully saturated rings. The van der Waals surface area contributed by atoms with Crippen molar-refractivity contribution in [2.24, 2.45) is 0 Å². The van der Waals surface area contributed by atoms with E-state index in [2.05, 4.69) is 10.6 Å². The first-order chi connectivity index (χ1) is 12.5. The van der Waals surface area contributed by atoms with Crippen molar-refractivity contribution in [1.82, 2.24) is 5.32 Å². The van der Waals surface area contributed by atoms with Gasteiger partial charge in [0.25, 0.3) is 5.91 Å². The summed E-state index contributed by atoms with van der Waals surface area (Å²) in [6.45, 7) is 4.31. The number of rotatable bonds is 7. The smallest absolute Gasteiger partial charge is 0.251 e. The van der Waals surface area contributed by atoms with Gasteiger partial charge in [0.05, 0.1) is 13.0 Å². The number of hydrogen-bond acceptors (Lipinski definition) is 3. The van der Waals surface area contributed by atoms with Crippen molar-refractivity contribution in [3.05, 3.63) is 59.2 Å². The molecule has 5 heteroatoms. The quantitative estimate of drug-likeness (QED) is 0.800. The van der Waals surface area contributed by atoms with Gasteiger partial charge in [-0.2, -0.15) is 0 Å².